The van der Waals surface area contributed by atoms with E-state index in [0.29, 0.717) is 17.9 Å². The normalized spacial score (nSPS) is 19.5. The number of allylic oxidation sites excluding steroid dienone is 5. The molecule has 5 nitrogen and oxygen atoms in total. The quantitative estimate of drug-likeness (QED) is 0.161. The highest BCUT2D eigenvalue weighted by atomic mass is 16.6. The van der Waals surface area contributed by atoms with Crippen molar-refractivity contribution >= 4 is 11.9 Å². The van der Waals surface area contributed by atoms with Crippen molar-refractivity contribution in [2.24, 2.45) is 5.92 Å². The third-order valence-corrected chi connectivity index (χ3v) is 7.34. The summed E-state index contributed by atoms with van der Waals surface area (Å²) in [7, 11) is 0. The Morgan fingerprint density at radius 3 is 2.63 bits per heavy atom. The zero-order valence-electron chi connectivity index (χ0n) is 23.4. The van der Waals surface area contributed by atoms with Crippen LogP contribution in [-0.4, -0.2) is 41.1 Å². The van der Waals surface area contributed by atoms with E-state index in [1.165, 1.54) is 11.1 Å². The molecule has 0 spiro atoms. The van der Waals surface area contributed by atoms with Crippen LogP contribution in [0.5, 0.6) is 0 Å². The van der Waals surface area contributed by atoms with Gasteiger partial charge in [-0.1, -0.05) is 78.8 Å². The predicted octanol–water partition coefficient (Wildman–Crippen LogP) is 7.18. The van der Waals surface area contributed by atoms with Crippen molar-refractivity contribution in [2.75, 3.05) is 13.1 Å². The van der Waals surface area contributed by atoms with Crippen molar-refractivity contribution < 1.29 is 19.4 Å². The van der Waals surface area contributed by atoms with E-state index in [1.54, 1.807) is 6.92 Å². The van der Waals surface area contributed by atoms with Crippen LogP contribution in [0.3, 0.4) is 0 Å². The third-order valence-electron chi connectivity index (χ3n) is 7.34. The van der Waals surface area contributed by atoms with Crippen LogP contribution in [0.1, 0.15) is 71.8 Å². The van der Waals surface area contributed by atoms with Crippen LogP contribution in [0.2, 0.25) is 0 Å². The van der Waals surface area contributed by atoms with Gasteiger partial charge in [0.15, 0.2) is 6.10 Å². The van der Waals surface area contributed by atoms with Gasteiger partial charge < -0.3 is 14.7 Å². The molecule has 5 heteroatoms. The van der Waals surface area contributed by atoms with Crippen LogP contribution in [0.25, 0.3) is 0 Å². The Kier molecular flexibility index (Phi) is 11.2. The van der Waals surface area contributed by atoms with E-state index in [9.17, 15) is 14.7 Å². The lowest BCUT2D eigenvalue weighted by molar-refractivity contribution is -0.140. The molecule has 0 aliphatic carbocycles. The van der Waals surface area contributed by atoms with Crippen LogP contribution >= 0.6 is 0 Å². The van der Waals surface area contributed by atoms with Gasteiger partial charge in [-0.05, 0) is 70.8 Å². The maximum Gasteiger partial charge on any atom is 0.338 e. The fraction of sp³-hybridized carbons (Fsp3) is 0.455. The van der Waals surface area contributed by atoms with Gasteiger partial charge in [0, 0.05) is 25.1 Å². The van der Waals surface area contributed by atoms with Gasteiger partial charge in [0.1, 0.15) is 5.76 Å². The van der Waals surface area contributed by atoms with Crippen molar-refractivity contribution in [3.63, 3.8) is 0 Å². The first-order valence-electron chi connectivity index (χ1n) is 13.9. The van der Waals surface area contributed by atoms with E-state index in [0.717, 1.165) is 62.8 Å². The Morgan fingerprint density at radius 1 is 1.16 bits per heavy atom. The molecular weight excluding hydrogens is 474 g/mol. The monoisotopic (exact) mass is 517 g/mol. The first-order valence-corrected chi connectivity index (χ1v) is 13.9. The van der Waals surface area contributed by atoms with Gasteiger partial charge in [-0.2, -0.15) is 0 Å². The van der Waals surface area contributed by atoms with Crippen molar-refractivity contribution in [3.8, 4) is 0 Å². The van der Waals surface area contributed by atoms with E-state index >= 15 is 0 Å². The minimum atomic E-state index is -0.536. The Morgan fingerprint density at radius 2 is 1.92 bits per heavy atom. The number of carbonyl (C=O) groups excluding carboxylic acids is 2. The molecule has 38 heavy (non-hydrogen) atoms. The molecule has 1 N–H and O–H groups in total. The summed E-state index contributed by atoms with van der Waals surface area (Å²) >= 11 is 0. The minimum absolute atomic E-state index is 0.0635. The summed E-state index contributed by atoms with van der Waals surface area (Å²) in [5.41, 5.74) is 4.99. The summed E-state index contributed by atoms with van der Waals surface area (Å²) in [6, 6.07) is 10.3. The third kappa shape index (κ3) is 8.90. The summed E-state index contributed by atoms with van der Waals surface area (Å²) in [4.78, 5) is 26.2. The lowest BCUT2D eigenvalue weighted by atomic mass is 10.0. The lowest BCUT2D eigenvalue weighted by Crippen LogP contribution is -2.29. The van der Waals surface area contributed by atoms with Crippen LogP contribution in [0.4, 0.5) is 0 Å². The molecule has 2 aliphatic rings. The Bertz CT molecular complexity index is 1120. The molecule has 1 amide bonds. The number of cyclic esters (lactones) is 1. The first-order chi connectivity index (χ1) is 18.2. The highest BCUT2D eigenvalue weighted by Crippen LogP contribution is 2.25. The summed E-state index contributed by atoms with van der Waals surface area (Å²) in [5.74, 6) is 0.292. The topological polar surface area (TPSA) is 66.8 Å². The summed E-state index contributed by atoms with van der Waals surface area (Å²) in [6.45, 7) is 9.48. The molecule has 204 valence electrons. The van der Waals surface area contributed by atoms with Gasteiger partial charge in [-0.3, -0.25) is 4.79 Å². The Labute approximate surface area is 228 Å². The second-order valence-electron chi connectivity index (χ2n) is 10.7. The SMILES string of the molecule is CC1=C(O)[C@H](C/C(C)=C\CCC(C)/C=C/C=C(\C)CCCC2=CCN(CCc3ccccc3)C2=O)OC1=O. The van der Waals surface area contributed by atoms with Gasteiger partial charge in [-0.15, -0.1) is 0 Å². The van der Waals surface area contributed by atoms with Crippen LogP contribution in [0.15, 0.2) is 88.8 Å². The number of hydrogen-bond acceptors (Lipinski definition) is 4. The largest absolute Gasteiger partial charge is 0.508 e. The van der Waals surface area contributed by atoms with Gasteiger partial charge in [0.2, 0.25) is 5.91 Å². The van der Waals surface area contributed by atoms with Crippen molar-refractivity contribution in [3.05, 3.63) is 94.3 Å². The van der Waals surface area contributed by atoms with Crippen LogP contribution in [-0.2, 0) is 20.7 Å². The number of esters is 1. The number of aliphatic hydroxyl groups is 1. The van der Waals surface area contributed by atoms with E-state index in [2.05, 4.69) is 56.4 Å². The number of rotatable bonds is 14. The number of amides is 1. The van der Waals surface area contributed by atoms with Crippen molar-refractivity contribution in [2.45, 2.75) is 78.7 Å². The molecule has 2 aliphatic heterocycles. The summed E-state index contributed by atoms with van der Waals surface area (Å²) in [5, 5.41) is 9.99. The summed E-state index contributed by atoms with van der Waals surface area (Å²) < 4.78 is 5.21. The molecule has 3 rings (SSSR count). The molecule has 2 heterocycles. The molecule has 1 unspecified atom stereocenters. The highest BCUT2D eigenvalue weighted by molar-refractivity contribution is 5.95. The molecule has 1 aromatic rings. The predicted molar refractivity (Wildman–Crippen MR) is 154 cm³/mol. The fourth-order valence-corrected chi connectivity index (χ4v) is 4.78. The Hall–Kier alpha value is -3.34. The molecule has 2 atom stereocenters. The maximum atomic E-state index is 12.7. The fourth-order valence-electron chi connectivity index (χ4n) is 4.78. The average molecular weight is 518 g/mol. The van der Waals surface area contributed by atoms with E-state index in [-0.39, 0.29) is 11.7 Å². The van der Waals surface area contributed by atoms with E-state index < -0.39 is 12.1 Å². The van der Waals surface area contributed by atoms with E-state index in [4.69, 9.17) is 4.74 Å². The number of benzene rings is 1. The van der Waals surface area contributed by atoms with Gasteiger partial charge in [0.05, 0.1) is 5.57 Å². The first kappa shape index (κ1) is 29.2. The molecule has 0 saturated heterocycles. The number of hydrogen-bond donors (Lipinski definition) is 1. The lowest BCUT2D eigenvalue weighted by Gasteiger charge is -2.16. The molecule has 0 saturated carbocycles. The Balaban J connectivity index is 1.30. The molecule has 1 aromatic carbocycles. The van der Waals surface area contributed by atoms with E-state index in [1.807, 2.05) is 30.0 Å². The number of ether oxygens (including phenoxy) is 1. The zero-order chi connectivity index (χ0) is 27.5. The smallest absolute Gasteiger partial charge is 0.338 e. The molecule has 0 bridgehead atoms. The van der Waals surface area contributed by atoms with Gasteiger partial charge >= 0.3 is 5.97 Å². The average Bonchev–Trinajstić information content (AvgIpc) is 3.36. The number of aliphatic hydroxyl groups excluding tert-OH is 1. The van der Waals surface area contributed by atoms with Gasteiger partial charge in [-0.25, -0.2) is 4.79 Å². The highest BCUT2D eigenvalue weighted by Gasteiger charge is 2.31. The minimum Gasteiger partial charge on any atom is -0.508 e. The molecule has 0 fully saturated rings. The second kappa shape index (κ2) is 14.6. The van der Waals surface area contributed by atoms with Crippen LogP contribution in [0, 0.1) is 5.92 Å². The van der Waals surface area contributed by atoms with Crippen LogP contribution < -0.4 is 0 Å². The van der Waals surface area contributed by atoms with Crippen molar-refractivity contribution in [1.82, 2.24) is 4.90 Å². The molecule has 0 radical (unpaired) electrons. The van der Waals surface area contributed by atoms with Gasteiger partial charge in [0.25, 0.3) is 0 Å². The maximum absolute atomic E-state index is 12.7. The number of carbonyl (C=O) groups is 2. The molecular formula is C33H43NO4. The van der Waals surface area contributed by atoms with Crippen molar-refractivity contribution in [1.29, 1.82) is 0 Å². The second-order valence-corrected chi connectivity index (χ2v) is 10.7. The molecule has 0 aromatic heterocycles. The summed E-state index contributed by atoms with van der Waals surface area (Å²) in [6.07, 6.45) is 16.5. The number of nitrogens with zero attached hydrogens (tertiary/aromatic N) is 1. The standard InChI is InChI=1S/C33H43NO4/c1-24(13-9-15-26(3)23-30-31(35)27(4)33(37)38-30)11-8-12-25(2)14-10-18-29-20-22-34(32(29)36)21-19-28-16-6-5-7-17-28/h5-8,11-12,15-17,20,24,30,35H,9-10,13-14,18-19,21-23H2,1-4H3/b11-8+,25-12+,26-15-/t24?,30-/m0/s1. The zero-order valence-corrected chi connectivity index (χ0v) is 23.4.